The maximum atomic E-state index is 12.4. The molecular formula is C11H7BrF3NOS. The van der Waals surface area contributed by atoms with E-state index < -0.39 is 11.7 Å². The summed E-state index contributed by atoms with van der Waals surface area (Å²) in [6.07, 6.45) is -4.34. The van der Waals surface area contributed by atoms with Crippen molar-refractivity contribution < 1.29 is 18.3 Å². The Morgan fingerprint density at radius 2 is 1.83 bits per heavy atom. The van der Waals surface area contributed by atoms with Crippen molar-refractivity contribution in [2.24, 2.45) is 0 Å². The van der Waals surface area contributed by atoms with Crippen LogP contribution in [0.1, 0.15) is 11.3 Å². The summed E-state index contributed by atoms with van der Waals surface area (Å²) >= 11 is 4.51. The van der Waals surface area contributed by atoms with Crippen molar-refractivity contribution in [3.05, 3.63) is 39.3 Å². The monoisotopic (exact) mass is 337 g/mol. The zero-order valence-electron chi connectivity index (χ0n) is 8.83. The van der Waals surface area contributed by atoms with E-state index in [1.807, 2.05) is 0 Å². The fourth-order valence-electron chi connectivity index (χ4n) is 1.36. The fourth-order valence-corrected chi connectivity index (χ4v) is 2.84. The molecule has 2 aromatic rings. The van der Waals surface area contributed by atoms with Crippen LogP contribution in [0.2, 0.25) is 0 Å². The molecule has 0 atom stereocenters. The Labute approximate surface area is 113 Å². The van der Waals surface area contributed by atoms with Crippen molar-refractivity contribution in [2.45, 2.75) is 12.8 Å². The second-order valence-corrected chi connectivity index (χ2v) is 5.79. The quantitative estimate of drug-likeness (QED) is 0.895. The van der Waals surface area contributed by atoms with Gasteiger partial charge in [-0.1, -0.05) is 12.1 Å². The standard InChI is InChI=1S/C11H7BrF3NOS/c12-9-8(5-17)16-10(18-9)6-1-3-7(4-2-6)11(13,14)15/h1-4,17H,5H2. The molecule has 1 heterocycles. The molecule has 7 heteroatoms. The molecule has 0 aliphatic carbocycles. The number of aliphatic hydroxyl groups excluding tert-OH is 1. The Morgan fingerprint density at radius 1 is 1.22 bits per heavy atom. The minimum Gasteiger partial charge on any atom is -0.390 e. The summed E-state index contributed by atoms with van der Waals surface area (Å²) in [5, 5.41) is 9.56. The number of thiazole rings is 1. The topological polar surface area (TPSA) is 33.1 Å². The summed E-state index contributed by atoms with van der Waals surface area (Å²) in [4.78, 5) is 4.13. The summed E-state index contributed by atoms with van der Waals surface area (Å²) in [5.41, 5.74) is 0.382. The van der Waals surface area contributed by atoms with Crippen LogP contribution in [0.3, 0.4) is 0 Å². The number of aromatic nitrogens is 1. The van der Waals surface area contributed by atoms with Gasteiger partial charge in [0.1, 0.15) is 5.01 Å². The van der Waals surface area contributed by atoms with Crippen LogP contribution in [-0.2, 0) is 12.8 Å². The Morgan fingerprint density at radius 3 is 2.28 bits per heavy atom. The maximum Gasteiger partial charge on any atom is 0.416 e. The van der Waals surface area contributed by atoms with E-state index in [-0.39, 0.29) is 6.61 Å². The third-order valence-electron chi connectivity index (χ3n) is 2.26. The number of aliphatic hydroxyl groups is 1. The molecule has 0 spiro atoms. The minimum absolute atomic E-state index is 0.211. The Balaban J connectivity index is 2.34. The van der Waals surface area contributed by atoms with Gasteiger partial charge in [0.25, 0.3) is 0 Å². The zero-order chi connectivity index (χ0) is 13.3. The number of nitrogens with zero attached hydrogens (tertiary/aromatic N) is 1. The van der Waals surface area contributed by atoms with Crippen LogP contribution < -0.4 is 0 Å². The molecule has 0 amide bonds. The van der Waals surface area contributed by atoms with Crippen molar-refractivity contribution in [3.8, 4) is 10.6 Å². The van der Waals surface area contributed by atoms with E-state index in [0.29, 0.717) is 20.1 Å². The van der Waals surface area contributed by atoms with E-state index in [9.17, 15) is 13.2 Å². The van der Waals surface area contributed by atoms with E-state index in [4.69, 9.17) is 5.11 Å². The molecule has 0 saturated carbocycles. The molecule has 2 rings (SSSR count). The highest BCUT2D eigenvalue weighted by Gasteiger charge is 2.30. The van der Waals surface area contributed by atoms with Crippen molar-refractivity contribution >= 4 is 27.3 Å². The van der Waals surface area contributed by atoms with Crippen LogP contribution in [0.15, 0.2) is 28.1 Å². The summed E-state index contributed by atoms with van der Waals surface area (Å²) in [6.45, 7) is -0.211. The highest BCUT2D eigenvalue weighted by atomic mass is 79.9. The summed E-state index contributed by atoms with van der Waals surface area (Å²) in [6, 6.07) is 4.77. The smallest absolute Gasteiger partial charge is 0.390 e. The highest BCUT2D eigenvalue weighted by Crippen LogP contribution is 2.34. The third-order valence-corrected chi connectivity index (χ3v) is 4.14. The van der Waals surface area contributed by atoms with Crippen molar-refractivity contribution in [2.75, 3.05) is 0 Å². The molecule has 1 aromatic carbocycles. The van der Waals surface area contributed by atoms with E-state index in [0.717, 1.165) is 12.1 Å². The first-order chi connectivity index (χ1) is 8.41. The zero-order valence-corrected chi connectivity index (χ0v) is 11.2. The molecule has 1 N–H and O–H groups in total. The average molecular weight is 338 g/mol. The first-order valence-electron chi connectivity index (χ1n) is 4.85. The molecule has 0 fully saturated rings. The molecule has 96 valence electrons. The van der Waals surface area contributed by atoms with Gasteiger partial charge in [-0.2, -0.15) is 13.2 Å². The van der Waals surface area contributed by atoms with Gasteiger partial charge >= 0.3 is 6.18 Å². The number of benzene rings is 1. The Kier molecular flexibility index (Phi) is 3.74. The van der Waals surface area contributed by atoms with E-state index in [1.54, 1.807) is 0 Å². The number of rotatable bonds is 2. The van der Waals surface area contributed by atoms with Crippen LogP contribution in [0, 0.1) is 0 Å². The van der Waals surface area contributed by atoms with Gasteiger partial charge in [-0.15, -0.1) is 11.3 Å². The van der Waals surface area contributed by atoms with Gasteiger partial charge < -0.3 is 5.11 Å². The van der Waals surface area contributed by atoms with Gasteiger partial charge in [0, 0.05) is 5.56 Å². The lowest BCUT2D eigenvalue weighted by atomic mass is 10.1. The lowest BCUT2D eigenvalue weighted by Gasteiger charge is -2.06. The van der Waals surface area contributed by atoms with Gasteiger partial charge in [0.2, 0.25) is 0 Å². The molecule has 0 aliphatic heterocycles. The van der Waals surface area contributed by atoms with Crippen LogP contribution in [0.25, 0.3) is 10.6 Å². The largest absolute Gasteiger partial charge is 0.416 e. The van der Waals surface area contributed by atoms with Crippen LogP contribution in [0.5, 0.6) is 0 Å². The number of hydrogen-bond acceptors (Lipinski definition) is 3. The average Bonchev–Trinajstić information content (AvgIpc) is 2.69. The van der Waals surface area contributed by atoms with E-state index in [1.165, 1.54) is 23.5 Å². The number of hydrogen-bond donors (Lipinski definition) is 1. The van der Waals surface area contributed by atoms with E-state index in [2.05, 4.69) is 20.9 Å². The third kappa shape index (κ3) is 2.73. The molecule has 0 radical (unpaired) electrons. The minimum atomic E-state index is -4.34. The molecule has 0 aliphatic rings. The first-order valence-corrected chi connectivity index (χ1v) is 6.46. The van der Waals surface area contributed by atoms with E-state index >= 15 is 0 Å². The summed E-state index contributed by atoms with van der Waals surface area (Å²) in [7, 11) is 0. The van der Waals surface area contributed by atoms with Crippen molar-refractivity contribution in [1.29, 1.82) is 0 Å². The van der Waals surface area contributed by atoms with Gasteiger partial charge in [0.05, 0.1) is 21.7 Å². The summed E-state index contributed by atoms with van der Waals surface area (Å²) in [5.74, 6) is 0. The normalized spacial score (nSPS) is 11.8. The lowest BCUT2D eigenvalue weighted by Crippen LogP contribution is -2.03. The maximum absolute atomic E-state index is 12.4. The molecule has 0 unspecified atom stereocenters. The number of alkyl halides is 3. The SMILES string of the molecule is OCc1nc(-c2ccc(C(F)(F)F)cc2)sc1Br. The molecule has 0 saturated heterocycles. The van der Waals surface area contributed by atoms with Gasteiger partial charge in [-0.25, -0.2) is 4.98 Å². The second-order valence-electron chi connectivity index (χ2n) is 3.47. The van der Waals surface area contributed by atoms with Crippen LogP contribution in [0.4, 0.5) is 13.2 Å². The van der Waals surface area contributed by atoms with Gasteiger partial charge in [-0.05, 0) is 28.1 Å². The molecule has 0 bridgehead atoms. The van der Waals surface area contributed by atoms with Gasteiger partial charge in [0.15, 0.2) is 0 Å². The first kappa shape index (κ1) is 13.5. The van der Waals surface area contributed by atoms with Crippen LogP contribution in [-0.4, -0.2) is 10.1 Å². The predicted octanol–water partition coefficient (Wildman–Crippen LogP) is 4.08. The fraction of sp³-hybridized carbons (Fsp3) is 0.182. The second kappa shape index (κ2) is 4.99. The van der Waals surface area contributed by atoms with Crippen molar-refractivity contribution in [1.82, 2.24) is 4.98 Å². The van der Waals surface area contributed by atoms with Crippen LogP contribution >= 0.6 is 27.3 Å². The molecule has 18 heavy (non-hydrogen) atoms. The highest BCUT2D eigenvalue weighted by molar-refractivity contribution is 9.11. The molecule has 1 aromatic heterocycles. The van der Waals surface area contributed by atoms with Crippen molar-refractivity contribution in [3.63, 3.8) is 0 Å². The number of halogens is 4. The molecular weight excluding hydrogens is 331 g/mol. The lowest BCUT2D eigenvalue weighted by molar-refractivity contribution is -0.137. The predicted molar refractivity (Wildman–Crippen MR) is 66.2 cm³/mol. The Bertz CT molecular complexity index is 550. The summed E-state index contributed by atoms with van der Waals surface area (Å²) < 4.78 is 37.9. The van der Waals surface area contributed by atoms with Gasteiger partial charge in [-0.3, -0.25) is 0 Å². The Hall–Kier alpha value is -0.920. The molecule has 2 nitrogen and oxygen atoms in total.